The number of aromatic nitrogens is 1. The van der Waals surface area contributed by atoms with Crippen molar-refractivity contribution >= 4 is 34.8 Å². The van der Waals surface area contributed by atoms with Crippen LogP contribution in [0.15, 0.2) is 29.6 Å². The van der Waals surface area contributed by atoms with Gasteiger partial charge in [0.15, 0.2) is 0 Å². The molecule has 1 atom stereocenters. The van der Waals surface area contributed by atoms with Crippen LogP contribution in [0.2, 0.25) is 5.02 Å². The maximum atomic E-state index is 12.6. The smallest absolute Gasteiger partial charge is 0.311 e. The summed E-state index contributed by atoms with van der Waals surface area (Å²) in [6, 6.07) is 7.47. The van der Waals surface area contributed by atoms with Gasteiger partial charge in [-0.25, -0.2) is 4.98 Å². The van der Waals surface area contributed by atoms with Crippen LogP contribution in [0.1, 0.15) is 26.0 Å². The largest absolute Gasteiger partial charge is 0.481 e. The molecule has 1 amide bonds. The average Bonchev–Trinajstić information content (AvgIpc) is 3.23. The first-order valence-electron chi connectivity index (χ1n) is 8.54. The molecule has 1 unspecified atom stereocenters. The molecule has 7 heteroatoms. The molecule has 1 N–H and O–H groups in total. The zero-order chi connectivity index (χ0) is 18.9. The van der Waals surface area contributed by atoms with E-state index in [9.17, 15) is 14.7 Å². The predicted molar refractivity (Wildman–Crippen MR) is 102 cm³/mol. The van der Waals surface area contributed by atoms with Gasteiger partial charge in [0.2, 0.25) is 5.91 Å². The number of rotatable bonds is 5. The third-order valence-electron chi connectivity index (χ3n) is 5.17. The van der Waals surface area contributed by atoms with Crippen LogP contribution in [0.5, 0.6) is 0 Å². The second-order valence-corrected chi connectivity index (χ2v) is 8.25. The van der Waals surface area contributed by atoms with E-state index < -0.39 is 11.4 Å². The summed E-state index contributed by atoms with van der Waals surface area (Å²) in [4.78, 5) is 30.5. The molecule has 2 aromatic rings. The number of likely N-dealkylation sites (tertiary alicyclic amines) is 1. The Kier molecular flexibility index (Phi) is 5.34. The Morgan fingerprint density at radius 2 is 2.12 bits per heavy atom. The van der Waals surface area contributed by atoms with Gasteiger partial charge in [-0.05, 0) is 18.4 Å². The number of aliphatic carboxylic acids is 1. The van der Waals surface area contributed by atoms with Gasteiger partial charge in [0.1, 0.15) is 5.01 Å². The summed E-state index contributed by atoms with van der Waals surface area (Å²) in [7, 11) is 0. The highest BCUT2D eigenvalue weighted by Gasteiger charge is 2.48. The van der Waals surface area contributed by atoms with Crippen LogP contribution in [0.4, 0.5) is 0 Å². The lowest BCUT2D eigenvalue weighted by molar-refractivity contribution is -0.151. The zero-order valence-electron chi connectivity index (χ0n) is 14.7. The molecule has 1 aliphatic heterocycles. The summed E-state index contributed by atoms with van der Waals surface area (Å²) < 4.78 is 0. The molecule has 0 bridgehead atoms. The van der Waals surface area contributed by atoms with Crippen molar-refractivity contribution in [3.8, 4) is 10.6 Å². The maximum Gasteiger partial charge on any atom is 0.311 e. The number of carboxylic acids is 1. The molecule has 0 radical (unpaired) electrons. The maximum absolute atomic E-state index is 12.6. The van der Waals surface area contributed by atoms with Gasteiger partial charge in [0, 0.05) is 24.0 Å². The van der Waals surface area contributed by atoms with E-state index in [0.29, 0.717) is 23.7 Å². The number of nitrogens with zero attached hydrogens (tertiary/aromatic N) is 2. The van der Waals surface area contributed by atoms with Gasteiger partial charge in [0.25, 0.3) is 0 Å². The van der Waals surface area contributed by atoms with Gasteiger partial charge < -0.3 is 10.0 Å². The minimum absolute atomic E-state index is 0.0242. The van der Waals surface area contributed by atoms with Crippen molar-refractivity contribution < 1.29 is 14.7 Å². The van der Waals surface area contributed by atoms with Crippen LogP contribution < -0.4 is 0 Å². The number of halogens is 1. The first-order valence-corrected chi connectivity index (χ1v) is 9.80. The Morgan fingerprint density at radius 1 is 1.38 bits per heavy atom. The third-order valence-corrected chi connectivity index (χ3v) is 6.43. The van der Waals surface area contributed by atoms with Crippen molar-refractivity contribution in [3.05, 3.63) is 40.4 Å². The van der Waals surface area contributed by atoms with Gasteiger partial charge in [-0.15, -0.1) is 11.3 Å². The predicted octanol–water partition coefficient (Wildman–Crippen LogP) is 3.97. The lowest BCUT2D eigenvalue weighted by Gasteiger charge is -2.28. The second kappa shape index (κ2) is 7.37. The van der Waals surface area contributed by atoms with Gasteiger partial charge in [-0.3, -0.25) is 9.59 Å². The standard InChI is InChI=1S/C19H21ClN2O3S/c1-12(2)19(18(24)25)7-8-22(11-19)16(23)9-13-10-26-17(21-13)14-5-3-4-6-15(14)20/h3-6,10,12H,7-9,11H2,1-2H3,(H,24,25). The van der Waals surface area contributed by atoms with Crippen molar-refractivity contribution in [2.45, 2.75) is 26.7 Å². The first-order chi connectivity index (χ1) is 12.3. The fourth-order valence-corrected chi connectivity index (χ4v) is 4.49. The molecule has 2 heterocycles. The van der Waals surface area contributed by atoms with Crippen molar-refractivity contribution in [2.24, 2.45) is 11.3 Å². The summed E-state index contributed by atoms with van der Waals surface area (Å²) in [5.74, 6) is -0.925. The molecular weight excluding hydrogens is 372 g/mol. The summed E-state index contributed by atoms with van der Waals surface area (Å²) in [5.41, 5.74) is 0.691. The highest BCUT2D eigenvalue weighted by molar-refractivity contribution is 7.13. The average molecular weight is 393 g/mol. The highest BCUT2D eigenvalue weighted by atomic mass is 35.5. The second-order valence-electron chi connectivity index (χ2n) is 6.98. The summed E-state index contributed by atoms with van der Waals surface area (Å²) >= 11 is 7.65. The molecule has 1 aliphatic rings. The van der Waals surface area contributed by atoms with Crippen LogP contribution in [-0.2, 0) is 16.0 Å². The summed E-state index contributed by atoms with van der Waals surface area (Å²) in [6.45, 7) is 4.54. The first kappa shape index (κ1) is 18.9. The molecule has 1 aromatic carbocycles. The zero-order valence-corrected chi connectivity index (χ0v) is 16.3. The van der Waals surface area contributed by atoms with Gasteiger partial charge in [-0.2, -0.15) is 0 Å². The minimum Gasteiger partial charge on any atom is -0.481 e. The third kappa shape index (κ3) is 3.48. The van der Waals surface area contributed by atoms with E-state index in [0.717, 1.165) is 10.6 Å². The van der Waals surface area contributed by atoms with Gasteiger partial charge in [0.05, 0.1) is 22.6 Å². The van der Waals surface area contributed by atoms with Crippen molar-refractivity contribution in [3.63, 3.8) is 0 Å². The lowest BCUT2D eigenvalue weighted by Crippen LogP contribution is -2.41. The van der Waals surface area contributed by atoms with Crippen molar-refractivity contribution in [1.82, 2.24) is 9.88 Å². The number of carbonyl (C=O) groups excluding carboxylic acids is 1. The number of thiazole rings is 1. The molecule has 138 valence electrons. The molecular formula is C19H21ClN2O3S. The minimum atomic E-state index is -0.847. The van der Waals surface area contributed by atoms with E-state index in [1.54, 1.807) is 4.90 Å². The Hall–Kier alpha value is -1.92. The number of carboxylic acid groups (broad SMARTS) is 1. The van der Waals surface area contributed by atoms with Crippen LogP contribution in [0.25, 0.3) is 10.6 Å². The lowest BCUT2D eigenvalue weighted by atomic mass is 9.76. The molecule has 1 fully saturated rings. The van der Waals surface area contributed by atoms with Crippen molar-refractivity contribution in [2.75, 3.05) is 13.1 Å². The fourth-order valence-electron chi connectivity index (χ4n) is 3.35. The van der Waals surface area contributed by atoms with E-state index in [4.69, 9.17) is 11.6 Å². The van der Waals surface area contributed by atoms with Crippen molar-refractivity contribution in [1.29, 1.82) is 0 Å². The monoisotopic (exact) mass is 392 g/mol. The number of amides is 1. The number of hydrogen-bond donors (Lipinski definition) is 1. The number of carbonyl (C=O) groups is 2. The van der Waals surface area contributed by atoms with Gasteiger partial charge >= 0.3 is 5.97 Å². The SMILES string of the molecule is CC(C)C1(C(=O)O)CCN(C(=O)Cc2csc(-c3ccccc3Cl)n2)C1. The number of hydrogen-bond acceptors (Lipinski definition) is 4. The molecule has 3 rings (SSSR count). The Labute approximate surface area is 161 Å². The quantitative estimate of drug-likeness (QED) is 0.835. The summed E-state index contributed by atoms with van der Waals surface area (Å²) in [6.07, 6.45) is 0.669. The fraction of sp³-hybridized carbons (Fsp3) is 0.421. The van der Waals surface area contributed by atoms with Gasteiger partial charge in [-0.1, -0.05) is 43.6 Å². The molecule has 5 nitrogen and oxygen atoms in total. The topological polar surface area (TPSA) is 70.5 Å². The molecule has 1 saturated heterocycles. The normalized spacial score (nSPS) is 19.9. The van der Waals surface area contributed by atoms with Crippen LogP contribution in [-0.4, -0.2) is 40.0 Å². The van der Waals surface area contributed by atoms with E-state index in [1.165, 1.54) is 11.3 Å². The Bertz CT molecular complexity index is 836. The molecule has 0 aliphatic carbocycles. The van der Waals surface area contributed by atoms with Crippen LogP contribution in [0, 0.1) is 11.3 Å². The van der Waals surface area contributed by atoms with E-state index in [1.807, 2.05) is 43.5 Å². The molecule has 0 spiro atoms. The highest BCUT2D eigenvalue weighted by Crippen LogP contribution is 2.38. The molecule has 0 saturated carbocycles. The number of benzene rings is 1. The van der Waals surface area contributed by atoms with E-state index in [-0.39, 0.29) is 24.8 Å². The molecule has 26 heavy (non-hydrogen) atoms. The summed E-state index contributed by atoms with van der Waals surface area (Å²) in [5, 5.41) is 12.9. The van der Waals surface area contributed by atoms with Crippen LogP contribution >= 0.6 is 22.9 Å². The molecule has 1 aromatic heterocycles. The van der Waals surface area contributed by atoms with E-state index in [2.05, 4.69) is 4.98 Å². The Morgan fingerprint density at radius 3 is 2.73 bits per heavy atom. The Balaban J connectivity index is 1.70. The van der Waals surface area contributed by atoms with E-state index >= 15 is 0 Å². The van der Waals surface area contributed by atoms with Crippen LogP contribution in [0.3, 0.4) is 0 Å².